The summed E-state index contributed by atoms with van der Waals surface area (Å²) in [5.74, 6) is 2.79. The van der Waals surface area contributed by atoms with Crippen LogP contribution in [0.15, 0.2) is 48.7 Å². The fourth-order valence-corrected chi connectivity index (χ4v) is 3.96. The van der Waals surface area contributed by atoms with Crippen molar-refractivity contribution in [1.82, 2.24) is 19.4 Å². The molecule has 1 aliphatic rings. The Labute approximate surface area is 171 Å². The van der Waals surface area contributed by atoms with E-state index in [0.717, 1.165) is 55.2 Å². The standard InChI is InChI=1S/C23H28N4O2/c1-17(2)14-27-21(25-20-9-6-11-24-23(20)27)13-18-10-12-26(15-18)22(28)16-29-19-7-4-3-5-8-19/h3-9,11,17-18H,10,12-16H2,1-2H3/t18-/m1/s1. The van der Waals surface area contributed by atoms with Gasteiger partial charge in [-0.15, -0.1) is 0 Å². The van der Waals surface area contributed by atoms with Crippen molar-refractivity contribution in [3.63, 3.8) is 0 Å². The van der Waals surface area contributed by atoms with Crippen molar-refractivity contribution in [2.45, 2.75) is 33.2 Å². The predicted molar refractivity (Wildman–Crippen MR) is 113 cm³/mol. The summed E-state index contributed by atoms with van der Waals surface area (Å²) in [5.41, 5.74) is 1.91. The number of rotatable bonds is 7. The van der Waals surface area contributed by atoms with E-state index in [2.05, 4.69) is 23.4 Å². The number of hydrogen-bond donors (Lipinski definition) is 0. The third-order valence-electron chi connectivity index (χ3n) is 5.35. The number of benzene rings is 1. The van der Waals surface area contributed by atoms with Crippen LogP contribution in [0.1, 0.15) is 26.1 Å². The monoisotopic (exact) mass is 392 g/mol. The van der Waals surface area contributed by atoms with Crippen LogP contribution in [0.5, 0.6) is 5.75 Å². The molecule has 1 atom stereocenters. The Morgan fingerprint density at radius 1 is 1.21 bits per heavy atom. The number of pyridine rings is 1. The zero-order chi connectivity index (χ0) is 20.2. The fraction of sp³-hybridized carbons (Fsp3) is 0.435. The van der Waals surface area contributed by atoms with Gasteiger partial charge in [0.25, 0.3) is 5.91 Å². The molecule has 6 nitrogen and oxygen atoms in total. The maximum absolute atomic E-state index is 12.5. The number of nitrogens with zero attached hydrogens (tertiary/aromatic N) is 4. The summed E-state index contributed by atoms with van der Waals surface area (Å²) in [6, 6.07) is 13.4. The molecule has 0 bridgehead atoms. The molecule has 3 aromatic rings. The lowest BCUT2D eigenvalue weighted by molar-refractivity contribution is -0.132. The number of para-hydroxylation sites is 1. The SMILES string of the molecule is CC(C)Cn1c(C[C@H]2CCN(C(=O)COc3ccccc3)C2)nc2cccnc21. The van der Waals surface area contributed by atoms with E-state index in [1.165, 1.54) is 0 Å². The van der Waals surface area contributed by atoms with E-state index in [-0.39, 0.29) is 12.5 Å². The van der Waals surface area contributed by atoms with E-state index in [4.69, 9.17) is 9.72 Å². The third-order valence-corrected chi connectivity index (χ3v) is 5.35. The Bertz CT molecular complexity index is 967. The molecule has 0 unspecified atom stereocenters. The first-order valence-electron chi connectivity index (χ1n) is 10.4. The van der Waals surface area contributed by atoms with Gasteiger partial charge in [0.15, 0.2) is 12.3 Å². The molecule has 29 heavy (non-hydrogen) atoms. The summed E-state index contributed by atoms with van der Waals surface area (Å²) in [4.78, 5) is 23.9. The lowest BCUT2D eigenvalue weighted by atomic mass is 10.0. The number of likely N-dealkylation sites (tertiary alicyclic amines) is 1. The first kappa shape index (κ1) is 19.4. The molecule has 0 aliphatic carbocycles. The molecule has 0 N–H and O–H groups in total. The summed E-state index contributed by atoms with van der Waals surface area (Å²) in [7, 11) is 0. The lowest BCUT2D eigenvalue weighted by Crippen LogP contribution is -2.33. The van der Waals surface area contributed by atoms with Crippen molar-refractivity contribution in [2.24, 2.45) is 11.8 Å². The molecule has 1 fully saturated rings. The van der Waals surface area contributed by atoms with E-state index < -0.39 is 0 Å². The molecule has 2 aromatic heterocycles. The minimum absolute atomic E-state index is 0.0497. The summed E-state index contributed by atoms with van der Waals surface area (Å²) < 4.78 is 7.87. The molecule has 1 saturated heterocycles. The van der Waals surface area contributed by atoms with Gasteiger partial charge < -0.3 is 14.2 Å². The van der Waals surface area contributed by atoms with Crippen molar-refractivity contribution >= 4 is 17.1 Å². The molecule has 4 rings (SSSR count). The summed E-state index contributed by atoms with van der Waals surface area (Å²) >= 11 is 0. The van der Waals surface area contributed by atoms with Gasteiger partial charge in [-0.1, -0.05) is 32.0 Å². The first-order chi connectivity index (χ1) is 14.1. The molecule has 3 heterocycles. The van der Waals surface area contributed by atoms with Gasteiger partial charge in [-0.3, -0.25) is 4.79 Å². The Kier molecular flexibility index (Phi) is 5.79. The molecular weight excluding hydrogens is 364 g/mol. The first-order valence-corrected chi connectivity index (χ1v) is 10.4. The molecule has 0 spiro atoms. The summed E-state index contributed by atoms with van der Waals surface area (Å²) in [5, 5.41) is 0. The molecule has 1 aromatic carbocycles. The number of carbonyl (C=O) groups excluding carboxylic acids is 1. The molecule has 1 amide bonds. The summed E-state index contributed by atoms with van der Waals surface area (Å²) in [6.07, 6.45) is 3.69. The average Bonchev–Trinajstić information content (AvgIpc) is 3.32. The van der Waals surface area contributed by atoms with Gasteiger partial charge in [0, 0.05) is 32.3 Å². The van der Waals surface area contributed by atoms with Gasteiger partial charge >= 0.3 is 0 Å². The van der Waals surface area contributed by atoms with Crippen molar-refractivity contribution in [1.29, 1.82) is 0 Å². The van der Waals surface area contributed by atoms with E-state index in [1.54, 1.807) is 0 Å². The van der Waals surface area contributed by atoms with Gasteiger partial charge in [-0.05, 0) is 42.5 Å². The van der Waals surface area contributed by atoms with E-state index in [0.29, 0.717) is 11.8 Å². The number of ether oxygens (including phenoxy) is 1. The lowest BCUT2D eigenvalue weighted by Gasteiger charge is -2.17. The van der Waals surface area contributed by atoms with E-state index in [1.807, 2.05) is 53.6 Å². The average molecular weight is 393 g/mol. The van der Waals surface area contributed by atoms with E-state index >= 15 is 0 Å². The van der Waals surface area contributed by atoms with Crippen LogP contribution >= 0.6 is 0 Å². The Hall–Kier alpha value is -2.89. The van der Waals surface area contributed by atoms with Crippen LogP contribution in [0.2, 0.25) is 0 Å². The van der Waals surface area contributed by atoms with Crippen LogP contribution in [-0.4, -0.2) is 45.0 Å². The number of imidazole rings is 1. The topological polar surface area (TPSA) is 60.2 Å². The number of amides is 1. The van der Waals surface area contributed by atoms with Crippen molar-refractivity contribution in [3.05, 3.63) is 54.5 Å². The second kappa shape index (κ2) is 8.64. The molecule has 0 saturated carbocycles. The van der Waals surface area contributed by atoms with Crippen LogP contribution in [0.4, 0.5) is 0 Å². The van der Waals surface area contributed by atoms with Crippen LogP contribution in [0.3, 0.4) is 0 Å². The maximum atomic E-state index is 12.5. The van der Waals surface area contributed by atoms with Crippen molar-refractivity contribution in [2.75, 3.05) is 19.7 Å². The van der Waals surface area contributed by atoms with Crippen LogP contribution < -0.4 is 4.74 Å². The highest BCUT2D eigenvalue weighted by atomic mass is 16.5. The van der Waals surface area contributed by atoms with Gasteiger partial charge in [0.05, 0.1) is 0 Å². The quantitative estimate of drug-likeness (QED) is 0.617. The zero-order valence-corrected chi connectivity index (χ0v) is 17.1. The number of carbonyl (C=O) groups is 1. The molecular formula is C23H28N4O2. The fourth-order valence-electron chi connectivity index (χ4n) is 3.96. The number of hydrogen-bond acceptors (Lipinski definition) is 4. The number of fused-ring (bicyclic) bond motifs is 1. The van der Waals surface area contributed by atoms with Gasteiger partial charge in [-0.25, -0.2) is 9.97 Å². The highest BCUT2D eigenvalue weighted by Crippen LogP contribution is 2.24. The normalized spacial score (nSPS) is 16.7. The molecule has 152 valence electrons. The van der Waals surface area contributed by atoms with Gasteiger partial charge in [-0.2, -0.15) is 0 Å². The zero-order valence-electron chi connectivity index (χ0n) is 17.1. The van der Waals surface area contributed by atoms with Crippen molar-refractivity contribution < 1.29 is 9.53 Å². The largest absolute Gasteiger partial charge is 0.484 e. The van der Waals surface area contributed by atoms with Gasteiger partial charge in [0.2, 0.25) is 0 Å². The molecule has 1 aliphatic heterocycles. The Morgan fingerprint density at radius 3 is 2.83 bits per heavy atom. The number of aromatic nitrogens is 3. The predicted octanol–water partition coefficient (Wildman–Crippen LogP) is 3.56. The summed E-state index contributed by atoms with van der Waals surface area (Å²) in [6.45, 7) is 6.96. The second-order valence-corrected chi connectivity index (χ2v) is 8.18. The second-order valence-electron chi connectivity index (χ2n) is 8.18. The van der Waals surface area contributed by atoms with Crippen LogP contribution in [-0.2, 0) is 17.8 Å². The Balaban J connectivity index is 1.39. The van der Waals surface area contributed by atoms with Gasteiger partial charge in [0.1, 0.15) is 17.1 Å². The van der Waals surface area contributed by atoms with E-state index in [9.17, 15) is 4.79 Å². The minimum atomic E-state index is 0.0497. The highest BCUT2D eigenvalue weighted by molar-refractivity contribution is 5.78. The minimum Gasteiger partial charge on any atom is -0.484 e. The highest BCUT2D eigenvalue weighted by Gasteiger charge is 2.28. The van der Waals surface area contributed by atoms with Crippen molar-refractivity contribution in [3.8, 4) is 5.75 Å². The van der Waals surface area contributed by atoms with Crippen LogP contribution in [0.25, 0.3) is 11.2 Å². The maximum Gasteiger partial charge on any atom is 0.260 e. The molecule has 6 heteroatoms. The molecule has 0 radical (unpaired) electrons. The third kappa shape index (κ3) is 4.58. The van der Waals surface area contributed by atoms with Crippen LogP contribution in [0, 0.1) is 11.8 Å². The smallest absolute Gasteiger partial charge is 0.260 e. The Morgan fingerprint density at radius 2 is 2.03 bits per heavy atom.